The fraction of sp³-hybridized carbons (Fsp3) is 0. The second-order valence-corrected chi connectivity index (χ2v) is 0. The van der Waals surface area contributed by atoms with Gasteiger partial charge in [-0.3, -0.25) is 0 Å². The fourth-order valence-electron chi connectivity index (χ4n) is 0. The molecule has 0 aliphatic rings. The van der Waals surface area contributed by atoms with Crippen LogP contribution in [0.4, 0.5) is 0 Å². The molecule has 0 aliphatic carbocycles. The van der Waals surface area contributed by atoms with Gasteiger partial charge in [0.25, 0.3) is 0 Å². The van der Waals surface area contributed by atoms with Crippen molar-refractivity contribution >= 4 is 0 Å². The molecule has 5 heavy (non-hydrogen) atoms. The van der Waals surface area contributed by atoms with Gasteiger partial charge in [-0.15, -0.1) is 0 Å². The topological polar surface area (TPSA) is 85.5 Å². The van der Waals surface area contributed by atoms with E-state index < -0.39 is 0 Å². The Hall–Kier alpha value is 1.15. The van der Waals surface area contributed by atoms with E-state index in [9.17, 15) is 0 Å². The average molecular weight is 428 g/mol. The maximum atomic E-state index is 0. The maximum Gasteiger partial charge on any atom is 0 e. The molecule has 0 bridgehead atoms. The molecule has 0 unspecified atom stereocenters. The molecular weight excluding hydrogens is 428 g/mol. The molecule has 0 heterocycles. The van der Waals surface area contributed by atoms with Crippen LogP contribution in [0.25, 0.3) is 0 Å². The summed E-state index contributed by atoms with van der Waals surface area (Å²) in [6, 6.07) is 0. The molecule has 0 spiro atoms. The van der Waals surface area contributed by atoms with Crippen molar-refractivity contribution in [1.29, 1.82) is 0 Å². The van der Waals surface area contributed by atoms with Crippen LogP contribution in [0.1, 0.15) is 0 Å². The van der Waals surface area contributed by atoms with Crippen molar-refractivity contribution in [3.8, 4) is 0 Å². The molecule has 0 aromatic rings. The van der Waals surface area contributed by atoms with Crippen LogP contribution >= 0.6 is 0 Å². The molecule has 0 saturated carbocycles. The number of hydrogen-bond acceptors (Lipinski definition) is 0. The predicted molar refractivity (Wildman–Crippen MR) is 2.06 cm³/mol. The third-order valence-electron chi connectivity index (χ3n) is 0. The Labute approximate surface area is 56.2 Å². The van der Waals surface area contributed by atoms with Crippen LogP contribution in [0.2, 0.25) is 0 Å². The average Bonchev–Trinajstić information content (AvgIpc) is 0. The van der Waals surface area contributed by atoms with Crippen molar-refractivity contribution in [3.05, 3.63) is 0 Å². The van der Waals surface area contributed by atoms with E-state index in [2.05, 4.69) is 0 Å². The Morgan fingerprint density at radius 1 is 0.400 bits per heavy atom. The van der Waals surface area contributed by atoms with Crippen molar-refractivity contribution in [1.82, 2.24) is 0 Å². The Morgan fingerprint density at radius 2 is 0.400 bits per heavy atom. The van der Waals surface area contributed by atoms with Crippen LogP contribution in [0, 0.1) is 0 Å². The van der Waals surface area contributed by atoms with Crippen LogP contribution in [0.15, 0.2) is 0 Å². The number of rotatable bonds is 0. The van der Waals surface area contributed by atoms with Gasteiger partial charge >= 0.3 is 0 Å². The summed E-state index contributed by atoms with van der Waals surface area (Å²) in [4.78, 5) is 0. The van der Waals surface area contributed by atoms with E-state index in [1.807, 2.05) is 0 Å². The van der Waals surface area contributed by atoms with Gasteiger partial charge in [-0.1, -0.05) is 0 Å². The van der Waals surface area contributed by atoms with Gasteiger partial charge in [0, 0.05) is 39.6 Å². The first-order valence-corrected chi connectivity index (χ1v) is 0. The van der Waals surface area contributed by atoms with E-state index >= 15 is 0 Å². The van der Waals surface area contributed by atoms with E-state index in [-0.39, 0.29) is 56.0 Å². The van der Waals surface area contributed by atoms with E-state index in [0.29, 0.717) is 0 Å². The molecule has 0 saturated heterocycles. The second-order valence-electron chi connectivity index (χ2n) is 0. The minimum absolute atomic E-state index is 0. The monoisotopic (exact) mass is 432 g/mol. The van der Waals surface area contributed by atoms with Gasteiger partial charge < -0.3 is 16.4 Å². The zero-order chi connectivity index (χ0) is 0. The van der Waals surface area contributed by atoms with Crippen LogP contribution in [-0.2, 0) is 56.0 Å². The van der Waals surface area contributed by atoms with Gasteiger partial charge in [0.1, 0.15) is 0 Å². The summed E-state index contributed by atoms with van der Waals surface area (Å²) in [5, 5.41) is 0. The predicted octanol–water partition coefficient (Wildman–Crippen LogP) is -0.361. The first-order chi connectivity index (χ1) is 0. The summed E-state index contributed by atoms with van der Waals surface area (Å²) in [7, 11) is 0. The van der Waals surface area contributed by atoms with Crippen molar-refractivity contribution in [2.75, 3.05) is 0 Å². The molecule has 0 amide bonds. The first-order valence-electron chi connectivity index (χ1n) is 0. The Bertz CT molecular complexity index is 4.85. The third-order valence-corrected chi connectivity index (χ3v) is 0. The molecule has 0 radical (unpaired) electrons. The Balaban J connectivity index is 0. The van der Waals surface area contributed by atoms with E-state index in [1.165, 1.54) is 0 Å². The summed E-state index contributed by atoms with van der Waals surface area (Å²) in [5.74, 6) is 0. The molecule has 0 aliphatic heterocycles. The largest absolute Gasteiger partial charge is 2.00 e. The molecular formula is O3Os2-6. The zero-order valence-corrected chi connectivity index (χ0v) is 7.01. The normalized spacial score (nSPS) is 0. The molecule has 0 aromatic heterocycles. The quantitative estimate of drug-likeness (QED) is 0.505. The van der Waals surface area contributed by atoms with Crippen molar-refractivity contribution < 1.29 is 56.0 Å². The third kappa shape index (κ3) is 38.5. The summed E-state index contributed by atoms with van der Waals surface area (Å²) < 4.78 is 0. The maximum absolute atomic E-state index is 0. The van der Waals surface area contributed by atoms with Crippen LogP contribution < -0.4 is 0 Å². The van der Waals surface area contributed by atoms with Crippen LogP contribution in [0.5, 0.6) is 0 Å². The Kier molecular flexibility index (Phi) is 1640. The summed E-state index contributed by atoms with van der Waals surface area (Å²) >= 11 is 0. The minimum Gasteiger partial charge on any atom is -2.00 e. The van der Waals surface area contributed by atoms with Gasteiger partial charge in [0.2, 0.25) is 0 Å². The van der Waals surface area contributed by atoms with Crippen molar-refractivity contribution in [2.24, 2.45) is 0 Å². The van der Waals surface area contributed by atoms with Crippen molar-refractivity contribution in [3.63, 3.8) is 0 Å². The minimum atomic E-state index is 0. The standard InChI is InChI=1S/3O.2Os/q3*-2;;. The van der Waals surface area contributed by atoms with Crippen molar-refractivity contribution in [2.45, 2.75) is 0 Å². The molecule has 0 N–H and O–H groups in total. The van der Waals surface area contributed by atoms with Crippen LogP contribution in [-0.4, -0.2) is 0 Å². The molecule has 40 valence electrons. The van der Waals surface area contributed by atoms with Gasteiger partial charge in [-0.2, -0.15) is 0 Å². The van der Waals surface area contributed by atoms with Gasteiger partial charge in [-0.05, 0) is 0 Å². The molecule has 0 aromatic carbocycles. The van der Waals surface area contributed by atoms with E-state index in [4.69, 9.17) is 0 Å². The van der Waals surface area contributed by atoms with Crippen LogP contribution in [0.3, 0.4) is 0 Å². The summed E-state index contributed by atoms with van der Waals surface area (Å²) in [6.07, 6.45) is 0. The molecule has 0 atom stereocenters. The Morgan fingerprint density at radius 3 is 0.400 bits per heavy atom. The molecule has 5 heteroatoms. The molecule has 0 fully saturated rings. The zero-order valence-electron chi connectivity index (χ0n) is 1.93. The first kappa shape index (κ1) is 123. The van der Waals surface area contributed by atoms with Gasteiger partial charge in [-0.25, -0.2) is 0 Å². The molecule has 0 rings (SSSR count). The van der Waals surface area contributed by atoms with Gasteiger partial charge in [0.15, 0.2) is 0 Å². The molecule has 3 nitrogen and oxygen atoms in total. The fourth-order valence-corrected chi connectivity index (χ4v) is 0. The summed E-state index contributed by atoms with van der Waals surface area (Å²) in [5.41, 5.74) is 0. The van der Waals surface area contributed by atoms with Gasteiger partial charge in [0.05, 0.1) is 0 Å². The SMILES string of the molecule is [O-2].[O-2].[O-2].[Os].[Os]. The number of hydrogen-bond donors (Lipinski definition) is 0. The van der Waals surface area contributed by atoms with E-state index in [0.717, 1.165) is 0 Å². The second kappa shape index (κ2) is 66.9. The summed E-state index contributed by atoms with van der Waals surface area (Å²) in [6.45, 7) is 0. The van der Waals surface area contributed by atoms with E-state index in [1.54, 1.807) is 0 Å². The smallest absolute Gasteiger partial charge is 0 e.